The van der Waals surface area contributed by atoms with Gasteiger partial charge in [-0.2, -0.15) is 0 Å². The Morgan fingerprint density at radius 3 is 2.00 bits per heavy atom. The molecule has 152 valence electrons. The number of para-hydroxylation sites is 1. The quantitative estimate of drug-likeness (QED) is 0.253. The average Bonchev–Trinajstić information content (AvgIpc) is 3.05. The summed E-state index contributed by atoms with van der Waals surface area (Å²) in [6.07, 6.45) is 0. The minimum Gasteiger partial charge on any atom is -0.457 e. The molecule has 1 heterocycles. The lowest BCUT2D eigenvalue weighted by molar-refractivity contribution is 0.435. The topological polar surface area (TPSA) is 9.23 Å². The Balaban J connectivity index is 1.88. The molecule has 0 fully saturated rings. The molecule has 0 saturated carbocycles. The summed E-state index contributed by atoms with van der Waals surface area (Å²) >= 11 is 0. The van der Waals surface area contributed by atoms with Gasteiger partial charge in [-0.15, -0.1) is 0 Å². The van der Waals surface area contributed by atoms with Crippen LogP contribution in [0.25, 0.3) is 11.1 Å². The normalized spacial score (nSPS) is 17.6. The number of rotatable bonds is 0. The van der Waals surface area contributed by atoms with Crippen LogP contribution in [0.2, 0.25) is 0 Å². The Bertz CT molecular complexity index is 1410. The van der Waals surface area contributed by atoms with E-state index in [-0.39, 0.29) is 5.41 Å². The van der Waals surface area contributed by atoms with Crippen LogP contribution in [-0.2, 0) is 5.41 Å². The van der Waals surface area contributed by atoms with Crippen LogP contribution >= 0.6 is 0 Å². The van der Waals surface area contributed by atoms with Crippen LogP contribution < -0.4 is 4.74 Å². The summed E-state index contributed by atoms with van der Waals surface area (Å²) < 4.78 is 6.51. The summed E-state index contributed by atoms with van der Waals surface area (Å²) in [7, 11) is 0. The first kappa shape index (κ1) is 18.4. The highest BCUT2D eigenvalue weighted by Crippen LogP contribution is 2.63. The van der Waals surface area contributed by atoms with Crippen molar-refractivity contribution < 1.29 is 4.74 Å². The molecule has 1 aliphatic heterocycles. The lowest BCUT2D eigenvalue weighted by Gasteiger charge is -2.40. The van der Waals surface area contributed by atoms with Gasteiger partial charge in [0.2, 0.25) is 0 Å². The van der Waals surface area contributed by atoms with Crippen molar-refractivity contribution in [3.8, 4) is 22.6 Å². The fourth-order valence-corrected chi connectivity index (χ4v) is 5.77. The van der Waals surface area contributed by atoms with Crippen molar-refractivity contribution in [3.63, 3.8) is 0 Å². The highest BCUT2D eigenvalue weighted by molar-refractivity contribution is 5.91. The highest BCUT2D eigenvalue weighted by atomic mass is 16.5. The van der Waals surface area contributed by atoms with E-state index in [1.807, 2.05) is 0 Å². The van der Waals surface area contributed by atoms with E-state index in [9.17, 15) is 0 Å². The zero-order valence-corrected chi connectivity index (χ0v) is 18.8. The zero-order chi connectivity index (χ0) is 21.5. The van der Waals surface area contributed by atoms with E-state index in [0.29, 0.717) is 0 Å². The smallest absolute Gasteiger partial charge is 0.132 e. The van der Waals surface area contributed by atoms with E-state index in [1.54, 1.807) is 0 Å². The second-order valence-corrected chi connectivity index (χ2v) is 9.19. The second kappa shape index (κ2) is 6.11. The summed E-state index contributed by atoms with van der Waals surface area (Å²) in [6, 6.07) is 24.6. The molecule has 0 aromatic heterocycles. The van der Waals surface area contributed by atoms with E-state index >= 15 is 0 Å². The minimum atomic E-state index is -0.363. The molecular weight excluding hydrogens is 376 g/mol. The molecule has 6 rings (SSSR count). The number of aryl methyl sites for hydroxylation is 3. The zero-order valence-electron chi connectivity index (χ0n) is 18.8. The third-order valence-electron chi connectivity index (χ3n) is 7.67. The van der Waals surface area contributed by atoms with Crippen molar-refractivity contribution in [1.29, 1.82) is 0 Å². The fraction of sp³-hybridized carbons (Fsp3) is 0.200. The maximum Gasteiger partial charge on any atom is 0.132 e. The number of ether oxygens (including phenoxy) is 1. The van der Waals surface area contributed by atoms with Crippen LogP contribution in [0, 0.1) is 34.6 Å². The summed E-state index contributed by atoms with van der Waals surface area (Å²) in [5, 5.41) is 0. The van der Waals surface area contributed by atoms with Gasteiger partial charge in [0.1, 0.15) is 11.5 Å². The van der Waals surface area contributed by atoms with Gasteiger partial charge in [0.05, 0.1) is 5.41 Å². The number of hydrogen-bond donors (Lipinski definition) is 0. The molecule has 0 N–H and O–H groups in total. The SMILES string of the molecule is Cc1cc2c(cc1C)C1(c3ccccc3O2)c2ccccc2-c2c1cc(C)c(C)c2C. The molecule has 1 unspecified atom stereocenters. The van der Waals surface area contributed by atoms with Crippen molar-refractivity contribution in [3.05, 3.63) is 117 Å². The van der Waals surface area contributed by atoms with Gasteiger partial charge in [-0.25, -0.2) is 0 Å². The lowest BCUT2D eigenvalue weighted by Crippen LogP contribution is -2.32. The third-order valence-corrected chi connectivity index (χ3v) is 7.67. The van der Waals surface area contributed by atoms with Gasteiger partial charge in [-0.1, -0.05) is 54.6 Å². The number of benzene rings is 4. The van der Waals surface area contributed by atoms with Crippen LogP contribution in [0.1, 0.15) is 50.1 Å². The van der Waals surface area contributed by atoms with Crippen molar-refractivity contribution in [2.75, 3.05) is 0 Å². The Hall–Kier alpha value is -3.32. The van der Waals surface area contributed by atoms with Crippen LogP contribution in [0.3, 0.4) is 0 Å². The van der Waals surface area contributed by atoms with Crippen molar-refractivity contribution >= 4 is 0 Å². The molecule has 1 atom stereocenters. The maximum atomic E-state index is 6.51. The Labute approximate surface area is 184 Å². The van der Waals surface area contributed by atoms with Gasteiger partial charge in [0.15, 0.2) is 0 Å². The maximum absolute atomic E-state index is 6.51. The van der Waals surface area contributed by atoms with E-state index < -0.39 is 0 Å². The Kier molecular flexibility index (Phi) is 3.63. The molecule has 31 heavy (non-hydrogen) atoms. The molecule has 0 bridgehead atoms. The molecule has 1 spiro atoms. The summed E-state index contributed by atoms with van der Waals surface area (Å²) in [6.45, 7) is 11.1. The fourth-order valence-electron chi connectivity index (χ4n) is 5.77. The molecule has 1 heteroatoms. The molecule has 4 aromatic carbocycles. The van der Waals surface area contributed by atoms with Gasteiger partial charge in [-0.3, -0.25) is 0 Å². The largest absolute Gasteiger partial charge is 0.457 e. The highest BCUT2D eigenvalue weighted by Gasteiger charge is 2.51. The summed E-state index contributed by atoms with van der Waals surface area (Å²) in [4.78, 5) is 0. The molecule has 1 aliphatic carbocycles. The number of fused-ring (bicyclic) bond motifs is 9. The Morgan fingerprint density at radius 1 is 0.548 bits per heavy atom. The van der Waals surface area contributed by atoms with Gasteiger partial charge < -0.3 is 4.74 Å². The first-order valence-corrected chi connectivity index (χ1v) is 11.0. The van der Waals surface area contributed by atoms with Crippen molar-refractivity contribution in [1.82, 2.24) is 0 Å². The molecule has 0 amide bonds. The third kappa shape index (κ3) is 2.16. The molecule has 4 aromatic rings. The van der Waals surface area contributed by atoms with Gasteiger partial charge in [-0.05, 0) is 96.8 Å². The van der Waals surface area contributed by atoms with Crippen LogP contribution in [0.15, 0.2) is 66.7 Å². The van der Waals surface area contributed by atoms with Gasteiger partial charge >= 0.3 is 0 Å². The molecular formula is C30H26O. The standard InChI is InChI=1S/C30H26O/c1-17-14-25-28(16-18(17)2)31-27-13-9-8-12-24(27)30(25)23-11-7-6-10-22(23)29-21(5)20(4)19(3)15-26(29)30/h6-16H,1-5H3. The van der Waals surface area contributed by atoms with Crippen LogP contribution in [0.5, 0.6) is 11.5 Å². The van der Waals surface area contributed by atoms with Crippen molar-refractivity contribution in [2.45, 2.75) is 40.0 Å². The molecule has 1 nitrogen and oxygen atoms in total. The van der Waals surface area contributed by atoms with Gasteiger partial charge in [0.25, 0.3) is 0 Å². The first-order chi connectivity index (χ1) is 14.9. The predicted molar refractivity (Wildman–Crippen MR) is 128 cm³/mol. The molecule has 2 aliphatic rings. The first-order valence-electron chi connectivity index (χ1n) is 11.0. The predicted octanol–water partition coefficient (Wildman–Crippen LogP) is 7.70. The molecule has 0 radical (unpaired) electrons. The van der Waals surface area contributed by atoms with E-state index in [1.165, 1.54) is 61.2 Å². The number of hydrogen-bond acceptors (Lipinski definition) is 1. The minimum absolute atomic E-state index is 0.363. The van der Waals surface area contributed by atoms with Gasteiger partial charge in [0, 0.05) is 11.1 Å². The van der Waals surface area contributed by atoms with E-state index in [2.05, 4.69) is 101 Å². The molecule has 0 saturated heterocycles. The van der Waals surface area contributed by atoms with Crippen LogP contribution in [0.4, 0.5) is 0 Å². The monoisotopic (exact) mass is 402 g/mol. The van der Waals surface area contributed by atoms with E-state index in [4.69, 9.17) is 4.74 Å². The average molecular weight is 403 g/mol. The summed E-state index contributed by atoms with van der Waals surface area (Å²) in [5.41, 5.74) is 14.3. The Morgan fingerprint density at radius 2 is 1.19 bits per heavy atom. The van der Waals surface area contributed by atoms with Crippen LogP contribution in [-0.4, -0.2) is 0 Å². The summed E-state index contributed by atoms with van der Waals surface area (Å²) in [5.74, 6) is 1.93. The second-order valence-electron chi connectivity index (χ2n) is 9.19. The van der Waals surface area contributed by atoms with Crippen molar-refractivity contribution in [2.24, 2.45) is 0 Å². The lowest BCUT2D eigenvalue weighted by atomic mass is 9.65. The van der Waals surface area contributed by atoms with E-state index in [0.717, 1.165) is 11.5 Å².